The molecule has 0 N–H and O–H groups in total. The number of rotatable bonds is 3. The molecule has 1 unspecified atom stereocenters. The molecule has 0 aromatic carbocycles. The summed E-state index contributed by atoms with van der Waals surface area (Å²) >= 11 is 4.11. The standard InChI is InChI=1S/C9H17NOS/c1-9-8-11-6-5-10(9)4-2-3-7-12/h2-3,9,12H,4-8H2,1H3/b3-2+. The minimum atomic E-state index is 0.559. The molecule has 0 spiro atoms. The molecule has 0 saturated carbocycles. The van der Waals surface area contributed by atoms with Crippen molar-refractivity contribution in [1.29, 1.82) is 0 Å². The monoisotopic (exact) mass is 187 g/mol. The summed E-state index contributed by atoms with van der Waals surface area (Å²) in [5.74, 6) is 0.832. The van der Waals surface area contributed by atoms with Crippen molar-refractivity contribution in [3.05, 3.63) is 12.2 Å². The van der Waals surface area contributed by atoms with Crippen LogP contribution in [0.25, 0.3) is 0 Å². The SMILES string of the molecule is CC1COCCN1C/C=C/CS. The van der Waals surface area contributed by atoms with Crippen molar-refractivity contribution in [1.82, 2.24) is 4.90 Å². The van der Waals surface area contributed by atoms with Gasteiger partial charge in [-0.3, -0.25) is 4.90 Å². The summed E-state index contributed by atoms with van der Waals surface area (Å²) in [5, 5.41) is 0. The molecule has 3 heteroatoms. The summed E-state index contributed by atoms with van der Waals surface area (Å²) in [6, 6.07) is 0.559. The van der Waals surface area contributed by atoms with E-state index in [1.807, 2.05) is 0 Å². The lowest BCUT2D eigenvalue weighted by molar-refractivity contribution is 0.00555. The Labute approximate surface area is 80.0 Å². The van der Waals surface area contributed by atoms with E-state index in [9.17, 15) is 0 Å². The molecular formula is C9H17NOS. The van der Waals surface area contributed by atoms with Crippen LogP contribution in [0, 0.1) is 0 Å². The Balaban J connectivity index is 2.24. The highest BCUT2D eigenvalue weighted by Gasteiger charge is 2.16. The van der Waals surface area contributed by atoms with Crippen molar-refractivity contribution in [2.45, 2.75) is 13.0 Å². The fraction of sp³-hybridized carbons (Fsp3) is 0.778. The molecule has 0 radical (unpaired) electrons. The van der Waals surface area contributed by atoms with E-state index in [0.717, 1.165) is 32.1 Å². The molecule has 2 nitrogen and oxygen atoms in total. The molecule has 0 bridgehead atoms. The lowest BCUT2D eigenvalue weighted by Crippen LogP contribution is -2.43. The lowest BCUT2D eigenvalue weighted by Gasteiger charge is -2.32. The van der Waals surface area contributed by atoms with Crippen LogP contribution in [0.5, 0.6) is 0 Å². The van der Waals surface area contributed by atoms with E-state index in [4.69, 9.17) is 4.74 Å². The summed E-state index contributed by atoms with van der Waals surface area (Å²) in [5.41, 5.74) is 0. The Morgan fingerprint density at radius 2 is 2.42 bits per heavy atom. The summed E-state index contributed by atoms with van der Waals surface area (Å²) in [6.07, 6.45) is 4.26. The zero-order valence-electron chi connectivity index (χ0n) is 7.57. The zero-order valence-corrected chi connectivity index (χ0v) is 8.46. The van der Waals surface area contributed by atoms with E-state index >= 15 is 0 Å². The third kappa shape index (κ3) is 3.17. The van der Waals surface area contributed by atoms with Crippen LogP contribution in [0.4, 0.5) is 0 Å². The van der Waals surface area contributed by atoms with E-state index in [1.54, 1.807) is 0 Å². The number of hydrogen-bond acceptors (Lipinski definition) is 3. The molecule has 12 heavy (non-hydrogen) atoms. The maximum atomic E-state index is 5.34. The van der Waals surface area contributed by atoms with Gasteiger partial charge in [0.05, 0.1) is 13.2 Å². The Bertz CT molecular complexity index is 149. The molecule has 1 saturated heterocycles. The smallest absolute Gasteiger partial charge is 0.0619 e. The van der Waals surface area contributed by atoms with Gasteiger partial charge in [0.15, 0.2) is 0 Å². The third-order valence-corrected chi connectivity index (χ3v) is 2.33. The molecular weight excluding hydrogens is 170 g/mol. The maximum absolute atomic E-state index is 5.34. The second-order valence-corrected chi connectivity index (χ2v) is 3.44. The molecule has 1 aliphatic rings. The van der Waals surface area contributed by atoms with Gasteiger partial charge in [-0.15, -0.1) is 0 Å². The summed E-state index contributed by atoms with van der Waals surface area (Å²) in [4.78, 5) is 2.42. The molecule has 0 amide bonds. The Hall–Kier alpha value is 0.01000. The molecule has 1 aliphatic heterocycles. The number of morpholine rings is 1. The van der Waals surface area contributed by atoms with Crippen LogP contribution in [0.15, 0.2) is 12.2 Å². The normalized spacial score (nSPS) is 26.7. The average molecular weight is 187 g/mol. The fourth-order valence-electron chi connectivity index (χ4n) is 1.32. The molecule has 0 aliphatic carbocycles. The first-order chi connectivity index (χ1) is 5.84. The van der Waals surface area contributed by atoms with Crippen LogP contribution in [0.1, 0.15) is 6.92 Å². The maximum Gasteiger partial charge on any atom is 0.0619 e. The number of nitrogens with zero attached hydrogens (tertiary/aromatic N) is 1. The topological polar surface area (TPSA) is 12.5 Å². The van der Waals surface area contributed by atoms with Gasteiger partial charge in [-0.2, -0.15) is 12.6 Å². The second kappa shape index (κ2) is 5.62. The van der Waals surface area contributed by atoms with Gasteiger partial charge in [-0.05, 0) is 6.92 Å². The van der Waals surface area contributed by atoms with Crippen LogP contribution >= 0.6 is 12.6 Å². The molecule has 0 aromatic heterocycles. The van der Waals surface area contributed by atoms with Gasteiger partial charge >= 0.3 is 0 Å². The summed E-state index contributed by atoms with van der Waals surface area (Å²) in [7, 11) is 0. The predicted octanol–water partition coefficient (Wildman–Crippen LogP) is 1.19. The Morgan fingerprint density at radius 3 is 3.08 bits per heavy atom. The first kappa shape index (κ1) is 10.1. The van der Waals surface area contributed by atoms with Gasteiger partial charge in [0.25, 0.3) is 0 Å². The fourth-order valence-corrected chi connectivity index (χ4v) is 1.47. The van der Waals surface area contributed by atoms with Gasteiger partial charge in [0.1, 0.15) is 0 Å². The highest BCUT2D eigenvalue weighted by Crippen LogP contribution is 2.05. The van der Waals surface area contributed by atoms with Crippen molar-refractivity contribution in [2.75, 3.05) is 32.1 Å². The van der Waals surface area contributed by atoms with Gasteiger partial charge in [-0.25, -0.2) is 0 Å². The van der Waals surface area contributed by atoms with Crippen molar-refractivity contribution >= 4 is 12.6 Å². The number of ether oxygens (including phenoxy) is 1. The predicted molar refractivity (Wildman–Crippen MR) is 54.8 cm³/mol. The quantitative estimate of drug-likeness (QED) is 0.526. The third-order valence-electron chi connectivity index (χ3n) is 2.12. The second-order valence-electron chi connectivity index (χ2n) is 3.07. The van der Waals surface area contributed by atoms with E-state index in [1.165, 1.54) is 0 Å². The number of thiol groups is 1. The highest BCUT2D eigenvalue weighted by atomic mass is 32.1. The highest BCUT2D eigenvalue weighted by molar-refractivity contribution is 7.80. The molecule has 1 atom stereocenters. The molecule has 1 rings (SSSR count). The van der Waals surface area contributed by atoms with Crippen LogP contribution in [0.2, 0.25) is 0 Å². The van der Waals surface area contributed by atoms with E-state index in [0.29, 0.717) is 6.04 Å². The molecule has 70 valence electrons. The van der Waals surface area contributed by atoms with Crippen LogP contribution < -0.4 is 0 Å². The van der Waals surface area contributed by atoms with Crippen molar-refractivity contribution < 1.29 is 4.74 Å². The lowest BCUT2D eigenvalue weighted by atomic mass is 10.2. The minimum absolute atomic E-state index is 0.559. The van der Waals surface area contributed by atoms with Crippen molar-refractivity contribution in [3.63, 3.8) is 0 Å². The van der Waals surface area contributed by atoms with Crippen LogP contribution in [-0.2, 0) is 4.74 Å². The molecule has 1 fully saturated rings. The molecule has 0 aromatic rings. The van der Waals surface area contributed by atoms with Gasteiger partial charge in [-0.1, -0.05) is 12.2 Å². The van der Waals surface area contributed by atoms with E-state index < -0.39 is 0 Å². The number of hydrogen-bond donors (Lipinski definition) is 1. The van der Waals surface area contributed by atoms with E-state index in [2.05, 4.69) is 36.6 Å². The first-order valence-corrected chi connectivity index (χ1v) is 5.05. The van der Waals surface area contributed by atoms with E-state index in [-0.39, 0.29) is 0 Å². The van der Waals surface area contributed by atoms with Crippen LogP contribution in [-0.4, -0.2) is 43.0 Å². The molecule has 1 heterocycles. The first-order valence-electron chi connectivity index (χ1n) is 4.42. The van der Waals surface area contributed by atoms with Crippen molar-refractivity contribution in [3.8, 4) is 0 Å². The van der Waals surface area contributed by atoms with Crippen LogP contribution in [0.3, 0.4) is 0 Å². The van der Waals surface area contributed by atoms with Gasteiger partial charge in [0.2, 0.25) is 0 Å². The summed E-state index contributed by atoms with van der Waals surface area (Å²) in [6.45, 7) is 6.03. The van der Waals surface area contributed by atoms with Crippen molar-refractivity contribution in [2.24, 2.45) is 0 Å². The largest absolute Gasteiger partial charge is 0.379 e. The minimum Gasteiger partial charge on any atom is -0.379 e. The average Bonchev–Trinajstić information content (AvgIpc) is 2.09. The zero-order chi connectivity index (χ0) is 8.81. The Morgan fingerprint density at radius 1 is 1.58 bits per heavy atom. The summed E-state index contributed by atoms with van der Waals surface area (Å²) < 4.78 is 5.34. The Kier molecular flexibility index (Phi) is 4.73. The van der Waals surface area contributed by atoms with Gasteiger partial charge in [0, 0.05) is 24.9 Å². The van der Waals surface area contributed by atoms with Gasteiger partial charge < -0.3 is 4.74 Å².